The second kappa shape index (κ2) is 11.9. The molecule has 4 rings (SSSR count). The summed E-state index contributed by atoms with van der Waals surface area (Å²) in [5.41, 5.74) is 10.3. The van der Waals surface area contributed by atoms with Crippen molar-refractivity contribution in [2.24, 2.45) is 21.1 Å². The van der Waals surface area contributed by atoms with Gasteiger partial charge in [0.25, 0.3) is 0 Å². The van der Waals surface area contributed by atoms with Crippen LogP contribution in [0.25, 0.3) is 0 Å². The molecular formula is C27H34FN7O2. The van der Waals surface area contributed by atoms with Gasteiger partial charge in [0.2, 0.25) is 11.9 Å². The van der Waals surface area contributed by atoms with E-state index in [1.54, 1.807) is 12.3 Å². The molecule has 0 aliphatic carbocycles. The Kier molecular flexibility index (Phi) is 8.37. The summed E-state index contributed by atoms with van der Waals surface area (Å²) in [6, 6.07) is 13.3. The van der Waals surface area contributed by atoms with Gasteiger partial charge in [-0.25, -0.2) is 4.39 Å². The van der Waals surface area contributed by atoms with Gasteiger partial charge in [-0.3, -0.25) is 4.79 Å². The Morgan fingerprint density at radius 3 is 2.59 bits per heavy atom. The number of hydrogen-bond acceptors (Lipinski definition) is 6. The van der Waals surface area contributed by atoms with Crippen LogP contribution in [0.1, 0.15) is 49.8 Å². The molecule has 0 radical (unpaired) electrons. The van der Waals surface area contributed by atoms with E-state index in [-0.39, 0.29) is 17.8 Å². The third-order valence-corrected chi connectivity index (χ3v) is 6.51. The van der Waals surface area contributed by atoms with Crippen molar-refractivity contribution >= 4 is 29.5 Å². The smallest absolute Gasteiger partial charge is 0.217 e. The fourth-order valence-electron chi connectivity index (χ4n) is 4.27. The van der Waals surface area contributed by atoms with Crippen LogP contribution in [0.5, 0.6) is 0 Å². The number of nitrogens with two attached hydrogens (primary N) is 1. The maximum Gasteiger partial charge on any atom is 0.217 e. The molecule has 37 heavy (non-hydrogen) atoms. The molecule has 2 heterocycles. The number of oxime groups is 1. The molecule has 0 bridgehead atoms. The van der Waals surface area contributed by atoms with Gasteiger partial charge in [-0.05, 0) is 29.2 Å². The van der Waals surface area contributed by atoms with Crippen molar-refractivity contribution in [3.63, 3.8) is 0 Å². The molecule has 0 spiro atoms. The summed E-state index contributed by atoms with van der Waals surface area (Å²) in [6.45, 7) is 8.58. The number of rotatable bonds is 7. The van der Waals surface area contributed by atoms with Gasteiger partial charge in [-0.2, -0.15) is 5.10 Å². The van der Waals surface area contributed by atoms with Crippen LogP contribution in [0.4, 0.5) is 10.1 Å². The number of piperazine rings is 1. The molecule has 1 saturated heterocycles. The molecule has 1 atom stereocenters. The van der Waals surface area contributed by atoms with Gasteiger partial charge in [0.05, 0.1) is 24.2 Å². The lowest BCUT2D eigenvalue weighted by Gasteiger charge is -2.36. The van der Waals surface area contributed by atoms with Crippen molar-refractivity contribution in [2.45, 2.75) is 39.2 Å². The number of benzene rings is 2. The minimum atomic E-state index is -0.311. The standard InChI is InChI=1S/C27H34FN7O2/c1-18(2)21-6-4-20(5-7-21)16-31-32-27(29)35-12-10-34(11-13-35)26-9-8-22(14-24(26)28)25-15-23(37-33-25)17-30-19(3)36/h4-9,14,16,18,23H,10-13,15,17H2,1-3H3,(H2,29,32)(H,30,36)/b31-16-. The Hall–Kier alpha value is -3.95. The zero-order valence-corrected chi connectivity index (χ0v) is 21.5. The van der Waals surface area contributed by atoms with Gasteiger partial charge in [-0.15, -0.1) is 5.10 Å². The quantitative estimate of drug-likeness (QED) is 0.340. The molecule has 1 fully saturated rings. The monoisotopic (exact) mass is 507 g/mol. The van der Waals surface area contributed by atoms with Crippen LogP contribution in [-0.2, 0) is 9.63 Å². The molecule has 2 aliphatic rings. The van der Waals surface area contributed by atoms with E-state index in [0.29, 0.717) is 68.0 Å². The van der Waals surface area contributed by atoms with E-state index in [4.69, 9.17) is 10.6 Å². The first kappa shape index (κ1) is 26.1. The number of carbonyl (C=O) groups is 1. The third kappa shape index (κ3) is 6.84. The maximum atomic E-state index is 15.0. The van der Waals surface area contributed by atoms with Crippen LogP contribution >= 0.6 is 0 Å². The first-order valence-electron chi connectivity index (χ1n) is 12.5. The minimum absolute atomic E-state index is 0.124. The summed E-state index contributed by atoms with van der Waals surface area (Å²) >= 11 is 0. The molecule has 1 amide bonds. The Bertz CT molecular complexity index is 1190. The highest BCUT2D eigenvalue weighted by Gasteiger charge is 2.25. The average Bonchev–Trinajstić information content (AvgIpc) is 3.37. The molecule has 3 N–H and O–H groups in total. The average molecular weight is 508 g/mol. The molecule has 1 unspecified atom stereocenters. The van der Waals surface area contributed by atoms with Crippen molar-refractivity contribution in [2.75, 3.05) is 37.6 Å². The van der Waals surface area contributed by atoms with Crippen LogP contribution in [0.2, 0.25) is 0 Å². The second-order valence-electron chi connectivity index (χ2n) is 9.57. The number of amides is 1. The first-order chi connectivity index (χ1) is 17.8. The van der Waals surface area contributed by atoms with E-state index in [1.165, 1.54) is 18.6 Å². The third-order valence-electron chi connectivity index (χ3n) is 6.51. The number of carbonyl (C=O) groups excluding carboxylic acids is 1. The SMILES string of the molecule is CC(=O)NCC1CC(c2ccc(N3CCN(/C(N)=N/N=C\c4ccc(C(C)C)cc4)CC3)c(F)c2)=NO1. The summed E-state index contributed by atoms with van der Waals surface area (Å²) in [5.74, 6) is 0.392. The minimum Gasteiger partial charge on any atom is -0.390 e. The van der Waals surface area contributed by atoms with Crippen molar-refractivity contribution < 1.29 is 14.0 Å². The van der Waals surface area contributed by atoms with Crippen LogP contribution in [0.15, 0.2) is 57.8 Å². The number of anilines is 1. The van der Waals surface area contributed by atoms with Gasteiger partial charge in [0, 0.05) is 45.1 Å². The topological polar surface area (TPSA) is 108 Å². The molecule has 2 aromatic rings. The maximum absolute atomic E-state index is 15.0. The molecule has 196 valence electrons. The number of guanidine groups is 1. The predicted molar refractivity (Wildman–Crippen MR) is 145 cm³/mol. The summed E-state index contributed by atoms with van der Waals surface area (Å²) in [5, 5.41) is 15.1. The summed E-state index contributed by atoms with van der Waals surface area (Å²) in [6.07, 6.45) is 1.96. The fraction of sp³-hybridized carbons (Fsp3) is 0.407. The lowest BCUT2D eigenvalue weighted by molar-refractivity contribution is -0.119. The summed E-state index contributed by atoms with van der Waals surface area (Å²) in [7, 11) is 0. The Morgan fingerprint density at radius 2 is 1.95 bits per heavy atom. The van der Waals surface area contributed by atoms with Gasteiger partial charge >= 0.3 is 0 Å². The van der Waals surface area contributed by atoms with Crippen LogP contribution < -0.4 is 16.0 Å². The van der Waals surface area contributed by atoms with Crippen LogP contribution in [0.3, 0.4) is 0 Å². The Morgan fingerprint density at radius 1 is 1.22 bits per heavy atom. The van der Waals surface area contributed by atoms with Crippen molar-refractivity contribution in [1.29, 1.82) is 0 Å². The largest absolute Gasteiger partial charge is 0.390 e. The molecule has 9 nitrogen and oxygen atoms in total. The van der Waals surface area contributed by atoms with Crippen LogP contribution in [0, 0.1) is 5.82 Å². The fourth-order valence-corrected chi connectivity index (χ4v) is 4.27. The van der Waals surface area contributed by atoms with Crippen molar-refractivity contribution in [3.8, 4) is 0 Å². The normalized spacial score (nSPS) is 18.4. The lowest BCUT2D eigenvalue weighted by Crippen LogP contribution is -2.51. The molecule has 2 aliphatic heterocycles. The van der Waals surface area contributed by atoms with E-state index in [1.807, 2.05) is 28.0 Å². The van der Waals surface area contributed by atoms with Gasteiger partial charge in [0.15, 0.2) is 0 Å². The number of nitrogens with one attached hydrogen (secondary N) is 1. The predicted octanol–water partition coefficient (Wildman–Crippen LogP) is 3.05. The molecule has 2 aromatic carbocycles. The van der Waals surface area contributed by atoms with E-state index >= 15 is 4.39 Å². The van der Waals surface area contributed by atoms with E-state index < -0.39 is 0 Å². The number of hydrogen-bond donors (Lipinski definition) is 2. The number of nitrogens with zero attached hydrogens (tertiary/aromatic N) is 5. The zero-order valence-electron chi connectivity index (χ0n) is 21.5. The van der Waals surface area contributed by atoms with Crippen LogP contribution in [-0.4, -0.2) is 67.5 Å². The van der Waals surface area contributed by atoms with Crippen molar-refractivity contribution in [1.82, 2.24) is 10.2 Å². The first-order valence-corrected chi connectivity index (χ1v) is 12.5. The Balaban J connectivity index is 1.29. The Labute approximate surface area is 216 Å². The van der Waals surface area contributed by atoms with Gasteiger partial charge in [0.1, 0.15) is 11.9 Å². The number of halogens is 1. The summed E-state index contributed by atoms with van der Waals surface area (Å²) in [4.78, 5) is 20.4. The highest BCUT2D eigenvalue weighted by atomic mass is 19.1. The van der Waals surface area contributed by atoms with E-state index in [0.717, 1.165) is 5.56 Å². The zero-order chi connectivity index (χ0) is 26.4. The van der Waals surface area contributed by atoms with Gasteiger partial charge < -0.3 is 25.7 Å². The van der Waals surface area contributed by atoms with Crippen molar-refractivity contribution in [3.05, 3.63) is 65.0 Å². The molecule has 0 saturated carbocycles. The lowest BCUT2D eigenvalue weighted by atomic mass is 10.0. The highest BCUT2D eigenvalue weighted by molar-refractivity contribution is 6.01. The van der Waals surface area contributed by atoms with E-state index in [2.05, 4.69) is 46.7 Å². The molecule has 10 heteroatoms. The van der Waals surface area contributed by atoms with Gasteiger partial charge in [-0.1, -0.05) is 49.3 Å². The highest BCUT2D eigenvalue weighted by Crippen LogP contribution is 2.25. The van der Waals surface area contributed by atoms with E-state index in [9.17, 15) is 4.79 Å². The summed E-state index contributed by atoms with van der Waals surface area (Å²) < 4.78 is 15.0. The second-order valence-corrected chi connectivity index (χ2v) is 9.57. The molecule has 0 aromatic heterocycles. The molecular weight excluding hydrogens is 473 g/mol.